The Morgan fingerprint density at radius 1 is 0.755 bits per heavy atom. The van der Waals surface area contributed by atoms with E-state index < -0.39 is 108 Å². The standard InChI is InChI=1S/C36H36O17/c37-13-23-29(45)31(47)35(53-25(43)10-3-15-1-6-17(39)7-2-15)34(50-23)27-22(51-36-32(48)30(46)28(44)24(14-38)52-36)12-20(42)26-19(41)11-21(49-33(26)27)16-4-8-18(40)9-5-16/h1-12,23-24,28-32,34-40,42,44-48H,13-14H2/b10-3+. The van der Waals surface area contributed by atoms with Gasteiger partial charge in [-0.1, -0.05) is 12.1 Å². The van der Waals surface area contributed by atoms with Crippen molar-refractivity contribution in [1.82, 2.24) is 0 Å². The first-order chi connectivity index (χ1) is 25.3. The molecular formula is C36H36O17. The van der Waals surface area contributed by atoms with E-state index in [9.17, 15) is 60.7 Å². The SMILES string of the molecule is O=C(/C=C/c1ccc(O)cc1)OC1C(c2c(OC3OC(CO)C(O)C(O)C3O)cc(O)c3c(=O)cc(-c4ccc(O)cc4)oc23)OC(CO)C(O)C1O. The minimum atomic E-state index is -1.98. The Bertz CT molecular complexity index is 2010. The Morgan fingerprint density at radius 2 is 1.36 bits per heavy atom. The number of rotatable bonds is 9. The minimum Gasteiger partial charge on any atom is -0.508 e. The van der Waals surface area contributed by atoms with Crippen molar-refractivity contribution in [2.75, 3.05) is 13.2 Å². The highest BCUT2D eigenvalue weighted by Gasteiger charge is 2.50. The van der Waals surface area contributed by atoms with Crippen LogP contribution in [0.15, 0.2) is 76.0 Å². The molecule has 2 aliphatic rings. The van der Waals surface area contributed by atoms with E-state index in [1.807, 2.05) is 0 Å². The van der Waals surface area contributed by atoms with Gasteiger partial charge in [0.15, 0.2) is 17.1 Å². The number of hydrogen-bond donors (Lipinski definition) is 10. The molecule has 2 fully saturated rings. The second-order valence-corrected chi connectivity index (χ2v) is 12.4. The molecule has 0 bridgehead atoms. The zero-order chi connectivity index (χ0) is 38.1. The monoisotopic (exact) mass is 740 g/mol. The number of fused-ring (bicyclic) bond motifs is 1. The predicted octanol–water partition coefficient (Wildman–Crippen LogP) is -0.465. The zero-order valence-electron chi connectivity index (χ0n) is 27.4. The Hall–Kier alpha value is -5.08. The second kappa shape index (κ2) is 15.5. The van der Waals surface area contributed by atoms with Crippen molar-refractivity contribution in [2.24, 2.45) is 0 Å². The normalized spacial score (nSPS) is 29.0. The summed E-state index contributed by atoms with van der Waals surface area (Å²) in [7, 11) is 0. The van der Waals surface area contributed by atoms with Crippen LogP contribution in [0.25, 0.3) is 28.4 Å². The third kappa shape index (κ3) is 7.56. The van der Waals surface area contributed by atoms with E-state index in [0.29, 0.717) is 5.56 Å². The van der Waals surface area contributed by atoms with Gasteiger partial charge in [0.25, 0.3) is 0 Å². The fourth-order valence-electron chi connectivity index (χ4n) is 6.11. The van der Waals surface area contributed by atoms with E-state index in [1.165, 1.54) is 54.6 Å². The molecule has 2 saturated heterocycles. The minimum absolute atomic E-state index is 0.0226. The molecule has 0 amide bonds. The summed E-state index contributed by atoms with van der Waals surface area (Å²) in [5.74, 6) is -2.57. The van der Waals surface area contributed by atoms with Crippen LogP contribution in [0.2, 0.25) is 0 Å². The van der Waals surface area contributed by atoms with Gasteiger partial charge >= 0.3 is 5.97 Å². The number of benzene rings is 3. The van der Waals surface area contributed by atoms with Gasteiger partial charge in [-0.3, -0.25) is 4.79 Å². The van der Waals surface area contributed by atoms with Gasteiger partial charge < -0.3 is 74.4 Å². The summed E-state index contributed by atoms with van der Waals surface area (Å²) in [6, 6.07) is 13.1. The molecule has 10 unspecified atom stereocenters. The van der Waals surface area contributed by atoms with Crippen LogP contribution in [0.1, 0.15) is 17.2 Å². The number of aliphatic hydroxyl groups is 7. The van der Waals surface area contributed by atoms with E-state index >= 15 is 0 Å². The van der Waals surface area contributed by atoms with Crippen molar-refractivity contribution in [3.63, 3.8) is 0 Å². The Kier molecular flexibility index (Phi) is 11.0. The molecule has 4 aromatic rings. The Balaban J connectivity index is 1.53. The van der Waals surface area contributed by atoms with Gasteiger partial charge in [-0.15, -0.1) is 0 Å². The van der Waals surface area contributed by atoms with Crippen molar-refractivity contribution in [3.8, 4) is 34.3 Å². The summed E-state index contributed by atoms with van der Waals surface area (Å²) in [4.78, 5) is 26.8. The van der Waals surface area contributed by atoms with Gasteiger partial charge in [0.1, 0.15) is 83.0 Å². The topological polar surface area (TPSA) is 286 Å². The molecule has 282 valence electrons. The summed E-state index contributed by atoms with van der Waals surface area (Å²) in [5.41, 5.74) is -0.931. The lowest BCUT2D eigenvalue weighted by Crippen LogP contribution is -2.60. The third-order valence-electron chi connectivity index (χ3n) is 8.93. The van der Waals surface area contributed by atoms with Crippen LogP contribution in [0.4, 0.5) is 0 Å². The van der Waals surface area contributed by atoms with Crippen LogP contribution in [0.5, 0.6) is 23.0 Å². The average Bonchev–Trinajstić information content (AvgIpc) is 3.14. The molecule has 1 aromatic heterocycles. The fourth-order valence-corrected chi connectivity index (χ4v) is 6.11. The van der Waals surface area contributed by atoms with Crippen molar-refractivity contribution in [2.45, 2.75) is 61.2 Å². The van der Waals surface area contributed by atoms with Crippen molar-refractivity contribution in [3.05, 3.63) is 88.1 Å². The van der Waals surface area contributed by atoms with E-state index in [2.05, 4.69) is 0 Å². The molecule has 2 aliphatic heterocycles. The molecule has 0 aliphatic carbocycles. The number of carbonyl (C=O) groups excluding carboxylic acids is 1. The van der Waals surface area contributed by atoms with Gasteiger partial charge in [0, 0.05) is 23.8 Å². The molecule has 17 nitrogen and oxygen atoms in total. The first kappa shape index (κ1) is 37.7. The van der Waals surface area contributed by atoms with Gasteiger partial charge in [-0.25, -0.2) is 4.79 Å². The van der Waals surface area contributed by atoms with Crippen molar-refractivity contribution >= 4 is 23.0 Å². The van der Waals surface area contributed by atoms with Crippen LogP contribution in [-0.2, 0) is 19.0 Å². The number of ether oxygens (including phenoxy) is 4. The fraction of sp³-hybridized carbons (Fsp3) is 0.333. The lowest BCUT2D eigenvalue weighted by Gasteiger charge is -2.43. The summed E-state index contributed by atoms with van der Waals surface area (Å²) < 4.78 is 29.2. The smallest absolute Gasteiger partial charge is 0.331 e. The maximum atomic E-state index is 13.6. The van der Waals surface area contributed by atoms with Crippen LogP contribution < -0.4 is 10.2 Å². The number of carbonyl (C=O) groups is 1. The molecule has 0 spiro atoms. The second-order valence-electron chi connectivity index (χ2n) is 12.4. The van der Waals surface area contributed by atoms with Crippen molar-refractivity contribution in [1.29, 1.82) is 0 Å². The zero-order valence-corrected chi connectivity index (χ0v) is 27.4. The molecule has 0 radical (unpaired) electrons. The highest BCUT2D eigenvalue weighted by atomic mass is 16.7. The lowest BCUT2D eigenvalue weighted by atomic mass is 9.89. The number of hydrogen-bond acceptors (Lipinski definition) is 17. The van der Waals surface area contributed by atoms with Gasteiger partial charge in [-0.2, -0.15) is 0 Å². The van der Waals surface area contributed by atoms with E-state index in [1.54, 1.807) is 0 Å². The third-order valence-corrected chi connectivity index (χ3v) is 8.93. The Labute approximate surface area is 299 Å². The van der Waals surface area contributed by atoms with Gasteiger partial charge in [0.05, 0.1) is 18.8 Å². The van der Waals surface area contributed by atoms with Gasteiger partial charge in [-0.05, 0) is 48.0 Å². The maximum absolute atomic E-state index is 13.6. The Morgan fingerprint density at radius 3 is 2.00 bits per heavy atom. The number of phenols is 3. The number of aliphatic hydroxyl groups excluding tert-OH is 7. The number of aromatic hydroxyl groups is 3. The van der Waals surface area contributed by atoms with Crippen LogP contribution >= 0.6 is 0 Å². The maximum Gasteiger partial charge on any atom is 0.331 e. The van der Waals surface area contributed by atoms with Crippen LogP contribution in [0, 0.1) is 0 Å². The summed E-state index contributed by atoms with van der Waals surface area (Å²) in [6.07, 6.45) is -15.7. The highest BCUT2D eigenvalue weighted by molar-refractivity contribution is 5.90. The lowest BCUT2D eigenvalue weighted by molar-refractivity contribution is -0.278. The van der Waals surface area contributed by atoms with E-state index in [4.69, 9.17) is 23.4 Å². The van der Waals surface area contributed by atoms with Crippen molar-refractivity contribution < 1.29 is 79.2 Å². The quantitative estimate of drug-likeness (QED) is 0.0767. The molecule has 10 N–H and O–H groups in total. The highest BCUT2D eigenvalue weighted by Crippen LogP contribution is 2.46. The molecule has 53 heavy (non-hydrogen) atoms. The molecule has 0 saturated carbocycles. The predicted molar refractivity (Wildman–Crippen MR) is 179 cm³/mol. The summed E-state index contributed by atoms with van der Waals surface area (Å²) in [5, 5.41) is 104. The van der Waals surface area contributed by atoms with Crippen LogP contribution in [0.3, 0.4) is 0 Å². The van der Waals surface area contributed by atoms with E-state index in [-0.39, 0.29) is 28.4 Å². The molecule has 6 rings (SSSR count). The molecule has 3 aromatic carbocycles. The molecule has 3 heterocycles. The largest absolute Gasteiger partial charge is 0.508 e. The van der Waals surface area contributed by atoms with Gasteiger partial charge in [0.2, 0.25) is 6.29 Å². The number of phenolic OH excluding ortho intramolecular Hbond substituents is 3. The first-order valence-corrected chi connectivity index (χ1v) is 16.2. The molecule has 10 atom stereocenters. The van der Waals surface area contributed by atoms with E-state index in [0.717, 1.165) is 18.2 Å². The molecule has 17 heteroatoms. The first-order valence-electron chi connectivity index (χ1n) is 16.2. The summed E-state index contributed by atoms with van der Waals surface area (Å²) in [6.45, 7) is -1.70. The number of esters is 1. The average molecular weight is 741 g/mol. The van der Waals surface area contributed by atoms with Crippen LogP contribution in [-0.4, -0.2) is 125 Å². The molecular weight excluding hydrogens is 704 g/mol. The summed E-state index contributed by atoms with van der Waals surface area (Å²) >= 11 is 0.